The zero-order valence-corrected chi connectivity index (χ0v) is 18.9. The molecule has 0 aliphatic carbocycles. The lowest BCUT2D eigenvalue weighted by molar-refractivity contribution is 0.102. The molecular formula is C26H23FN6O. The van der Waals surface area contributed by atoms with E-state index in [1.807, 2.05) is 48.9 Å². The van der Waals surface area contributed by atoms with Gasteiger partial charge in [-0.05, 0) is 43.7 Å². The van der Waals surface area contributed by atoms with E-state index in [9.17, 15) is 9.18 Å². The van der Waals surface area contributed by atoms with E-state index in [0.29, 0.717) is 23.5 Å². The third kappa shape index (κ3) is 4.17. The summed E-state index contributed by atoms with van der Waals surface area (Å²) in [4.78, 5) is 18.1. The smallest absolute Gasteiger partial charge is 0.256 e. The number of amides is 1. The molecule has 5 rings (SSSR count). The fourth-order valence-electron chi connectivity index (χ4n) is 4.05. The Morgan fingerprint density at radius 1 is 1.06 bits per heavy atom. The summed E-state index contributed by atoms with van der Waals surface area (Å²) in [6.45, 7) is 5.18. The third-order valence-electron chi connectivity index (χ3n) is 5.76. The molecule has 1 amide bonds. The number of aryl methyl sites for hydroxylation is 1. The number of para-hydroxylation sites is 1. The molecule has 0 saturated carbocycles. The van der Waals surface area contributed by atoms with E-state index in [1.54, 1.807) is 35.4 Å². The normalized spacial score (nSPS) is 11.1. The molecule has 170 valence electrons. The minimum Gasteiger partial charge on any atom is -0.319 e. The number of fused-ring (bicyclic) bond motifs is 1. The van der Waals surface area contributed by atoms with Gasteiger partial charge in [0.25, 0.3) is 5.91 Å². The molecule has 0 radical (unpaired) electrons. The maximum absolute atomic E-state index is 13.5. The van der Waals surface area contributed by atoms with E-state index >= 15 is 0 Å². The van der Waals surface area contributed by atoms with Crippen molar-refractivity contribution in [1.29, 1.82) is 0 Å². The van der Waals surface area contributed by atoms with Gasteiger partial charge in [-0.25, -0.2) is 9.37 Å². The number of hydrogen-bond acceptors (Lipinski definition) is 4. The molecule has 0 spiro atoms. The molecule has 2 aromatic carbocycles. The van der Waals surface area contributed by atoms with Crippen molar-refractivity contribution in [1.82, 2.24) is 24.5 Å². The third-order valence-corrected chi connectivity index (χ3v) is 5.76. The van der Waals surface area contributed by atoms with Gasteiger partial charge in [0.2, 0.25) is 0 Å². The molecule has 3 aromatic heterocycles. The zero-order chi connectivity index (χ0) is 23.7. The molecule has 0 saturated heterocycles. The van der Waals surface area contributed by atoms with Gasteiger partial charge in [-0.2, -0.15) is 10.2 Å². The van der Waals surface area contributed by atoms with E-state index in [1.165, 1.54) is 12.1 Å². The molecule has 0 fully saturated rings. The van der Waals surface area contributed by atoms with Crippen molar-refractivity contribution in [2.24, 2.45) is 0 Å². The largest absolute Gasteiger partial charge is 0.319 e. The van der Waals surface area contributed by atoms with Gasteiger partial charge in [-0.3, -0.25) is 14.2 Å². The van der Waals surface area contributed by atoms with Crippen LogP contribution in [0.2, 0.25) is 0 Å². The van der Waals surface area contributed by atoms with Crippen molar-refractivity contribution in [3.63, 3.8) is 0 Å². The average Bonchev–Trinajstić information content (AvgIpc) is 3.43. The molecule has 1 N–H and O–H groups in total. The summed E-state index contributed by atoms with van der Waals surface area (Å²) in [5.74, 6) is -0.552. The highest BCUT2D eigenvalue weighted by Crippen LogP contribution is 2.27. The number of nitrogens with zero attached hydrogens (tertiary/aromatic N) is 5. The number of carbonyl (C=O) groups is 1. The van der Waals surface area contributed by atoms with E-state index in [2.05, 4.69) is 15.5 Å². The highest BCUT2D eigenvalue weighted by atomic mass is 19.1. The molecule has 0 bridgehead atoms. The van der Waals surface area contributed by atoms with Crippen molar-refractivity contribution >= 4 is 22.5 Å². The van der Waals surface area contributed by atoms with Crippen LogP contribution in [-0.2, 0) is 13.1 Å². The van der Waals surface area contributed by atoms with Gasteiger partial charge >= 0.3 is 0 Å². The van der Waals surface area contributed by atoms with Crippen LogP contribution in [0.3, 0.4) is 0 Å². The van der Waals surface area contributed by atoms with Gasteiger partial charge in [0, 0.05) is 29.4 Å². The van der Waals surface area contributed by atoms with Crippen LogP contribution in [-0.4, -0.2) is 30.5 Å². The molecule has 0 aliphatic heterocycles. The van der Waals surface area contributed by atoms with E-state index in [-0.39, 0.29) is 11.7 Å². The highest BCUT2D eigenvalue weighted by molar-refractivity contribution is 6.13. The van der Waals surface area contributed by atoms with Crippen LogP contribution >= 0.6 is 0 Å². The maximum atomic E-state index is 13.5. The minimum atomic E-state index is -0.293. The van der Waals surface area contributed by atoms with Crippen molar-refractivity contribution in [3.05, 3.63) is 95.8 Å². The SMILES string of the molecule is CCn1ncc(-c2cc(C(=O)Nc3cnn(Cc4cccc(F)c4)c3)c3ccccc3n2)c1C. The Morgan fingerprint density at radius 3 is 2.71 bits per heavy atom. The molecule has 0 unspecified atom stereocenters. The minimum absolute atomic E-state index is 0.259. The van der Waals surface area contributed by atoms with Gasteiger partial charge in [0.15, 0.2) is 0 Å². The number of nitrogens with one attached hydrogen (secondary N) is 1. The van der Waals surface area contributed by atoms with Crippen LogP contribution in [0.25, 0.3) is 22.2 Å². The second kappa shape index (κ2) is 8.90. The lowest BCUT2D eigenvalue weighted by Crippen LogP contribution is -2.13. The fraction of sp³-hybridized carbons (Fsp3) is 0.154. The first kappa shape index (κ1) is 21.5. The summed E-state index contributed by atoms with van der Waals surface area (Å²) in [5, 5.41) is 12.4. The molecule has 0 aliphatic rings. The van der Waals surface area contributed by atoms with Gasteiger partial charge < -0.3 is 5.32 Å². The number of halogens is 1. The van der Waals surface area contributed by atoms with Gasteiger partial charge in [-0.1, -0.05) is 30.3 Å². The van der Waals surface area contributed by atoms with Crippen LogP contribution < -0.4 is 5.32 Å². The van der Waals surface area contributed by atoms with Crippen molar-refractivity contribution in [2.45, 2.75) is 26.9 Å². The predicted molar refractivity (Wildman–Crippen MR) is 129 cm³/mol. The Hall–Kier alpha value is -4.33. The first-order valence-corrected chi connectivity index (χ1v) is 11.0. The van der Waals surface area contributed by atoms with E-state index in [4.69, 9.17) is 4.98 Å². The Labute approximate surface area is 195 Å². The summed E-state index contributed by atoms with van der Waals surface area (Å²) in [5.41, 5.74) is 5.17. The molecule has 8 heteroatoms. The Balaban J connectivity index is 1.45. The zero-order valence-electron chi connectivity index (χ0n) is 18.9. The number of rotatable bonds is 6. The lowest BCUT2D eigenvalue weighted by Gasteiger charge is -2.10. The van der Waals surface area contributed by atoms with Crippen LogP contribution in [0.15, 0.2) is 73.2 Å². The number of pyridine rings is 1. The van der Waals surface area contributed by atoms with Crippen LogP contribution in [0.5, 0.6) is 0 Å². The van der Waals surface area contributed by atoms with Crippen molar-refractivity contribution < 1.29 is 9.18 Å². The Bertz CT molecular complexity index is 1500. The van der Waals surface area contributed by atoms with Crippen LogP contribution in [0.4, 0.5) is 10.1 Å². The summed E-state index contributed by atoms with van der Waals surface area (Å²) in [6.07, 6.45) is 5.09. The lowest BCUT2D eigenvalue weighted by atomic mass is 10.0. The van der Waals surface area contributed by atoms with E-state index in [0.717, 1.165) is 34.3 Å². The summed E-state index contributed by atoms with van der Waals surface area (Å²) in [7, 11) is 0. The van der Waals surface area contributed by atoms with Gasteiger partial charge in [0.05, 0.1) is 41.4 Å². The molecule has 5 aromatic rings. The van der Waals surface area contributed by atoms with Crippen molar-refractivity contribution in [2.75, 3.05) is 5.32 Å². The summed E-state index contributed by atoms with van der Waals surface area (Å²) < 4.78 is 17.0. The monoisotopic (exact) mass is 454 g/mol. The second-order valence-electron chi connectivity index (χ2n) is 8.04. The highest BCUT2D eigenvalue weighted by Gasteiger charge is 2.17. The standard InChI is InChI=1S/C26H23FN6O/c1-3-33-17(2)23(14-29-33)25-12-22(21-9-4-5-10-24(21)31-25)26(34)30-20-13-28-32(16-20)15-18-7-6-8-19(27)11-18/h4-14,16H,3,15H2,1-2H3,(H,30,34). The predicted octanol–water partition coefficient (Wildman–Crippen LogP) is 5.06. The van der Waals surface area contributed by atoms with Crippen LogP contribution in [0.1, 0.15) is 28.5 Å². The fourth-order valence-corrected chi connectivity index (χ4v) is 4.05. The number of carbonyl (C=O) groups excluding carboxylic acids is 1. The maximum Gasteiger partial charge on any atom is 0.256 e. The van der Waals surface area contributed by atoms with Gasteiger partial charge in [-0.15, -0.1) is 0 Å². The topological polar surface area (TPSA) is 77.6 Å². The number of benzene rings is 2. The van der Waals surface area contributed by atoms with Gasteiger partial charge in [0.1, 0.15) is 5.82 Å². The second-order valence-corrected chi connectivity index (χ2v) is 8.04. The molecule has 0 atom stereocenters. The molecule has 7 nitrogen and oxygen atoms in total. The summed E-state index contributed by atoms with van der Waals surface area (Å²) >= 11 is 0. The molecule has 34 heavy (non-hydrogen) atoms. The number of aromatic nitrogens is 5. The number of hydrogen-bond donors (Lipinski definition) is 1. The quantitative estimate of drug-likeness (QED) is 0.389. The Kier molecular flexibility index (Phi) is 5.63. The Morgan fingerprint density at radius 2 is 1.91 bits per heavy atom. The first-order valence-electron chi connectivity index (χ1n) is 11.0. The average molecular weight is 455 g/mol. The van der Waals surface area contributed by atoms with Crippen LogP contribution in [0, 0.1) is 12.7 Å². The van der Waals surface area contributed by atoms with Crippen molar-refractivity contribution in [3.8, 4) is 11.3 Å². The first-order chi connectivity index (χ1) is 16.5. The molecular weight excluding hydrogens is 431 g/mol. The summed E-state index contributed by atoms with van der Waals surface area (Å²) in [6, 6.07) is 15.7. The number of anilines is 1. The molecule has 3 heterocycles. The van der Waals surface area contributed by atoms with E-state index < -0.39 is 0 Å².